The number of rotatable bonds is 19. The molecule has 8 aromatic carbocycles. The number of carbonyl (C=O) groups is 5. The van der Waals surface area contributed by atoms with E-state index in [2.05, 4.69) is 122 Å². The minimum absolute atomic E-state index is 0.0170. The van der Waals surface area contributed by atoms with Crippen LogP contribution in [0.3, 0.4) is 0 Å². The molecule has 6 N–H and O–H groups in total. The number of allylic oxidation sites excluding steroid dienone is 1. The molecule has 0 radical (unpaired) electrons. The Labute approximate surface area is 716 Å². The van der Waals surface area contributed by atoms with Gasteiger partial charge >= 0.3 is 0 Å². The van der Waals surface area contributed by atoms with Crippen LogP contribution in [0.1, 0.15) is 142 Å². The maximum Gasteiger partial charge on any atom is 0.256 e. The third kappa shape index (κ3) is 19.6. The smallest absolute Gasteiger partial charge is 0.256 e. The Kier molecular flexibility index (Phi) is 25.8. The molecule has 5 saturated heterocycles. The number of piperidine rings is 5. The number of primary sulfonamides is 1. The van der Waals surface area contributed by atoms with E-state index in [9.17, 15) is 36.8 Å². The van der Waals surface area contributed by atoms with Crippen LogP contribution in [0.4, 0.5) is 4.39 Å². The summed E-state index contributed by atoms with van der Waals surface area (Å²) < 4.78 is 52.2. The molecule has 7 aliphatic heterocycles. The number of nitrogens with two attached hydrogens (primary N) is 1. The number of halogens is 1. The van der Waals surface area contributed by atoms with E-state index in [0.717, 1.165) is 172 Å². The zero-order valence-electron chi connectivity index (χ0n) is 68.9. The van der Waals surface area contributed by atoms with Gasteiger partial charge in [0.05, 0.1) is 58.2 Å². The van der Waals surface area contributed by atoms with Crippen molar-refractivity contribution in [1.82, 2.24) is 63.7 Å². The normalized spacial score (nSPS) is 17.9. The maximum atomic E-state index is 13.0. The van der Waals surface area contributed by atoms with E-state index in [1.807, 2.05) is 143 Å². The molecule has 24 nitrogen and oxygen atoms in total. The van der Waals surface area contributed by atoms with Crippen LogP contribution in [-0.2, 0) is 51.9 Å². The van der Waals surface area contributed by atoms with E-state index in [-0.39, 0.29) is 41.4 Å². The number of likely N-dealkylation sites (tertiary alicyclic amines) is 1. The van der Waals surface area contributed by atoms with Crippen LogP contribution in [0.15, 0.2) is 234 Å². The second-order valence-corrected chi connectivity index (χ2v) is 34.4. The number of amides is 1. The van der Waals surface area contributed by atoms with Gasteiger partial charge in [-0.05, 0) is 192 Å². The number of imidazole rings is 2. The van der Waals surface area contributed by atoms with Gasteiger partial charge in [-0.25, -0.2) is 22.9 Å². The number of H-pyrrole nitrogens is 4. The van der Waals surface area contributed by atoms with Crippen molar-refractivity contribution in [3.63, 3.8) is 0 Å². The van der Waals surface area contributed by atoms with Gasteiger partial charge in [-0.1, -0.05) is 120 Å². The van der Waals surface area contributed by atoms with Crippen LogP contribution >= 0.6 is 12.2 Å². The van der Waals surface area contributed by atoms with E-state index >= 15 is 0 Å². The van der Waals surface area contributed by atoms with Crippen molar-refractivity contribution in [1.29, 1.82) is 0 Å². The second-order valence-electron chi connectivity index (χ2n) is 32.4. The van der Waals surface area contributed by atoms with Gasteiger partial charge < -0.3 is 48.1 Å². The third-order valence-corrected chi connectivity index (χ3v) is 25.0. The molecule has 0 aliphatic carbocycles. The highest BCUT2D eigenvalue weighted by Gasteiger charge is 2.49. The molecule has 1 amide bonds. The summed E-state index contributed by atoms with van der Waals surface area (Å²) in [4.78, 5) is 89.5. The Balaban J connectivity index is 0.000000111. The Morgan fingerprint density at radius 2 is 1.36 bits per heavy atom. The number of carbonyl (C=O) groups excluding carboxylic acids is 5. The van der Waals surface area contributed by atoms with Crippen LogP contribution < -0.4 is 9.88 Å². The molecular weight excluding hydrogens is 1590 g/mol. The van der Waals surface area contributed by atoms with Crippen molar-refractivity contribution < 1.29 is 46.0 Å². The molecule has 0 spiro atoms. The number of aromatic amines is 4. The lowest BCUT2D eigenvalue weighted by molar-refractivity contribution is -0.142. The van der Waals surface area contributed by atoms with E-state index < -0.39 is 10.0 Å². The van der Waals surface area contributed by atoms with Gasteiger partial charge in [0.1, 0.15) is 35.4 Å². The zero-order chi connectivity index (χ0) is 85.3. The zero-order valence-corrected chi connectivity index (χ0v) is 70.5. The van der Waals surface area contributed by atoms with Crippen molar-refractivity contribution in [2.75, 3.05) is 39.3 Å². The number of Topliss-reactive ketones (excluding diaryl/α,β-unsaturated/α-hetero) is 4. The Hall–Kier alpha value is -12.7. The van der Waals surface area contributed by atoms with Gasteiger partial charge in [0.15, 0.2) is 33.5 Å². The first-order valence-corrected chi connectivity index (χ1v) is 44.0. The molecular formula is C96H98FN15O9S2. The number of benzene rings is 8. The topological polar surface area (TPSA) is 307 Å². The van der Waals surface area contributed by atoms with Crippen molar-refractivity contribution in [2.24, 2.45) is 29.0 Å². The number of aryl methyl sites for hydroxylation is 2. The highest BCUT2D eigenvalue weighted by molar-refractivity contribution is 7.88. The first kappa shape index (κ1) is 84.0. The number of fused-ring (bicyclic) bond motifs is 9. The molecule has 7 aliphatic rings. The van der Waals surface area contributed by atoms with E-state index in [1.165, 1.54) is 35.7 Å². The van der Waals surface area contributed by atoms with Crippen molar-refractivity contribution >= 4 is 129 Å². The highest BCUT2D eigenvalue weighted by atomic mass is 32.2. The largest absolute Gasteiger partial charge is 0.468 e. The molecule has 15 aromatic rings. The van der Waals surface area contributed by atoms with E-state index in [0.29, 0.717) is 96.3 Å². The third-order valence-electron chi connectivity index (χ3n) is 24.1. The first-order chi connectivity index (χ1) is 59.7. The molecule has 0 saturated carbocycles. The lowest BCUT2D eigenvalue weighted by Crippen LogP contribution is -2.62. The summed E-state index contributed by atoms with van der Waals surface area (Å²) in [5, 5.41) is 16.8. The number of nitrogens with one attached hydrogen (secondary N) is 4. The lowest BCUT2D eigenvalue weighted by atomic mass is 9.68. The number of hydrogen-bond donors (Lipinski definition) is 5. The fourth-order valence-electron chi connectivity index (χ4n) is 18.0. The number of ether oxygens (including phenoxy) is 1. The standard InChI is InChI=1S/C22H24FN3OS.C20H22N2O2.C18H19N3O.C17H16N2O2.C11H9N3.C8H8N2O3S/c23-17-9-7-16(8-10-17)21(27)6-3-13-25-14-11-18(12-15-25)26-20-5-2-1-4-19(20)24-22(26)28;23-19(17-10-21-18-4-2-1-3-16(17)18)7-12-5-14-8-13-9-15(6-12)22(14)11-20(13)24;1-12-7-9-19-14(12)11-21-10-8-16-17(18(21)22)13-5-3-4-6-15(13)20(16)2;1-13(20)12-21-17-15-9-5-6-10-16(15)19(18-17)11-14-7-3-2-4-8-14;1-2-5-9-8(4-1)13-11(14-9)10-6-3-7-12-10;9-14(11,12)5-7-6-3-1-2-4-8(6)13-10-7/h1-2,4-5,7-10,18H,3,6,11-15H2,(H,24,28);1-4,10,12-15,21H,5-9,11H2;3-7,9,19H,8,10-11H2,1-2H3;2-10H,11-12H2,1H3;1-2,4-7H,3H2,(H,13,14);1-4H,5H2,(H2,9,11,12). The minimum Gasteiger partial charge on any atom is -0.468 e. The van der Waals surface area contributed by atoms with Crippen molar-refractivity contribution in [3.8, 4) is 5.88 Å². The Morgan fingerprint density at radius 3 is 2.06 bits per heavy atom. The van der Waals surface area contributed by atoms with Crippen LogP contribution in [0.2, 0.25) is 0 Å². The van der Waals surface area contributed by atoms with E-state index in [1.54, 1.807) is 36.4 Å². The van der Waals surface area contributed by atoms with Gasteiger partial charge in [0, 0.05) is 145 Å². The Bertz CT molecular complexity index is 6550. The quantitative estimate of drug-likeness (QED) is 0.0371. The summed E-state index contributed by atoms with van der Waals surface area (Å²) in [5.74, 6) is 2.44. The summed E-state index contributed by atoms with van der Waals surface area (Å²) in [5.41, 5.74) is 16.3. The van der Waals surface area contributed by atoms with Crippen molar-refractivity contribution in [3.05, 3.63) is 286 Å². The van der Waals surface area contributed by atoms with Gasteiger partial charge in [0.25, 0.3) is 5.91 Å². The van der Waals surface area contributed by atoms with Gasteiger partial charge in [0.2, 0.25) is 15.9 Å². The van der Waals surface area contributed by atoms with Crippen LogP contribution in [-0.4, -0.2) is 159 Å². The summed E-state index contributed by atoms with van der Waals surface area (Å²) in [6.45, 7) is 9.31. The predicted octanol–water partition coefficient (Wildman–Crippen LogP) is 17.4. The van der Waals surface area contributed by atoms with Crippen LogP contribution in [0, 0.1) is 29.3 Å². The van der Waals surface area contributed by atoms with Crippen LogP contribution in [0.25, 0.3) is 71.4 Å². The highest BCUT2D eigenvalue weighted by Crippen LogP contribution is 2.45. The Morgan fingerprint density at radius 1 is 0.691 bits per heavy atom. The lowest BCUT2D eigenvalue weighted by Gasteiger charge is -2.54. The number of ketones is 4. The molecule has 4 bridgehead atoms. The number of hydrogen-bond acceptors (Lipinski definition) is 16. The SMILES string of the molecule is C1=NC(c2nc3ccccc3[nH]2)=CC1.CC(=O)COc1nn(Cc2ccccc2)c2ccccc12.Cc1cc[nH]c1CN1CCc2c(c3ccccc3n2C)C1=O.NS(=O)(=O)Cc1noc2ccccc12.O=C(CC1CC2CC3CC(C1)N2CC3=O)c1c[nH]c2ccccc12.O=C(CCCN1CCC(n2c(=S)[nH]c3ccccc32)CC1)c1ccc(F)cc1. The molecule has 630 valence electrons. The second kappa shape index (κ2) is 37.8. The molecule has 14 heterocycles. The fraction of sp³-hybridized carbons (Fsp3) is 0.292. The number of aromatic nitrogens is 10. The predicted molar refractivity (Wildman–Crippen MR) is 480 cm³/mol. The average Bonchev–Trinajstić information content (AvgIpc) is 1.65. The van der Waals surface area contributed by atoms with Crippen molar-refractivity contribution in [2.45, 2.75) is 121 Å². The molecule has 22 rings (SSSR count). The summed E-state index contributed by atoms with van der Waals surface area (Å²) in [7, 11) is -1.51. The molecule has 123 heavy (non-hydrogen) atoms. The van der Waals surface area contributed by atoms with Gasteiger partial charge in [-0.3, -0.25) is 38.5 Å². The first-order valence-electron chi connectivity index (χ1n) is 41.9. The molecule has 2 atom stereocenters. The van der Waals surface area contributed by atoms with Gasteiger partial charge in [-0.15, -0.1) is 5.10 Å². The maximum absolute atomic E-state index is 13.0. The number of para-hydroxylation sites is 8. The average molecular weight is 1690 g/mol. The monoisotopic (exact) mass is 1690 g/mol. The van der Waals surface area contributed by atoms with E-state index in [4.69, 9.17) is 26.6 Å². The number of nitrogens with zero attached hydrogens (tertiary/aromatic N) is 10. The van der Waals surface area contributed by atoms with Gasteiger partial charge in [-0.2, -0.15) is 0 Å². The number of aliphatic imine (C=N–C) groups is 1. The minimum atomic E-state index is -3.56. The summed E-state index contributed by atoms with van der Waals surface area (Å²) >= 11 is 5.55. The number of sulfonamides is 1. The van der Waals surface area contributed by atoms with Crippen LogP contribution in [0.5, 0.6) is 5.88 Å². The summed E-state index contributed by atoms with van der Waals surface area (Å²) in [6, 6.07) is 66.8. The summed E-state index contributed by atoms with van der Waals surface area (Å²) in [6.07, 6.45) is 17.8. The molecule has 27 heteroatoms. The molecule has 7 aromatic heterocycles. The fourth-order valence-corrected chi connectivity index (χ4v) is 18.9. The molecule has 2 unspecified atom stereocenters. The molecule has 5 fully saturated rings.